The maximum atomic E-state index is 11.0. The van der Waals surface area contributed by atoms with Crippen molar-refractivity contribution in [2.24, 2.45) is 0 Å². The van der Waals surface area contributed by atoms with Crippen molar-refractivity contribution in [3.8, 4) is 0 Å². The minimum atomic E-state index is -0.349. The lowest BCUT2D eigenvalue weighted by Crippen LogP contribution is -2.30. The average Bonchev–Trinajstić information content (AvgIpc) is 3.17. The van der Waals surface area contributed by atoms with Crippen LogP contribution in [0.4, 0.5) is 5.00 Å². The van der Waals surface area contributed by atoms with Gasteiger partial charge in [0.1, 0.15) is 0 Å². The lowest BCUT2D eigenvalue weighted by molar-refractivity contribution is -0.380. The Morgan fingerprint density at radius 3 is 2.11 bits per heavy atom. The van der Waals surface area contributed by atoms with Crippen LogP contribution >= 0.6 is 11.3 Å². The first-order chi connectivity index (χ1) is 13.2. The quantitative estimate of drug-likeness (QED) is 0.433. The second-order valence-corrected chi connectivity index (χ2v) is 7.21. The summed E-state index contributed by atoms with van der Waals surface area (Å²) in [7, 11) is 0. The van der Waals surface area contributed by atoms with Crippen LogP contribution in [0, 0.1) is 10.1 Å². The van der Waals surface area contributed by atoms with Crippen LogP contribution in [0.5, 0.6) is 0 Å². The molecule has 0 saturated carbocycles. The fourth-order valence-electron chi connectivity index (χ4n) is 3.23. The molecule has 0 spiro atoms. The first-order valence-corrected chi connectivity index (χ1v) is 9.73. The van der Waals surface area contributed by atoms with Gasteiger partial charge in [-0.05, 0) is 23.1 Å². The summed E-state index contributed by atoms with van der Waals surface area (Å²) in [5, 5.41) is 22.4. The number of nitro groups is 1. The topological polar surface area (TPSA) is 66.6 Å². The molecule has 0 aliphatic carbocycles. The Labute approximate surface area is 162 Å². The summed E-state index contributed by atoms with van der Waals surface area (Å²) in [6.45, 7) is 1.38. The van der Waals surface area contributed by atoms with Gasteiger partial charge in [-0.2, -0.15) is 0 Å². The summed E-state index contributed by atoms with van der Waals surface area (Å²) >= 11 is 1.15. The maximum absolute atomic E-state index is 11.0. The van der Waals surface area contributed by atoms with Crippen molar-refractivity contribution >= 4 is 16.3 Å². The van der Waals surface area contributed by atoms with E-state index in [1.54, 1.807) is 6.07 Å². The second kappa shape index (κ2) is 9.41. The standard InChI is InChI=1S/C21H22N2O3S/c24-13-7-12-22(15-17-14-20(23(25)26)27-16-17)21(18-8-3-1-4-9-18)19-10-5-2-6-11-19/h1-6,8-11,14,16,21,24H,7,12-13,15H2. The predicted molar refractivity (Wildman–Crippen MR) is 108 cm³/mol. The lowest BCUT2D eigenvalue weighted by Gasteiger charge is -2.32. The number of benzene rings is 2. The molecule has 6 heteroatoms. The second-order valence-electron chi connectivity index (χ2n) is 6.32. The Hall–Kier alpha value is -2.54. The van der Waals surface area contributed by atoms with Crippen LogP contribution in [0.25, 0.3) is 0 Å². The highest BCUT2D eigenvalue weighted by Crippen LogP contribution is 2.32. The van der Waals surface area contributed by atoms with Gasteiger partial charge in [0.05, 0.1) is 11.0 Å². The third kappa shape index (κ3) is 5.01. The van der Waals surface area contributed by atoms with Crippen molar-refractivity contribution in [1.82, 2.24) is 4.90 Å². The van der Waals surface area contributed by atoms with Crippen molar-refractivity contribution in [2.75, 3.05) is 13.2 Å². The van der Waals surface area contributed by atoms with E-state index in [2.05, 4.69) is 29.2 Å². The molecule has 140 valence electrons. The molecule has 0 bridgehead atoms. The Kier molecular flexibility index (Phi) is 6.70. The Bertz CT molecular complexity index is 813. The predicted octanol–water partition coefficient (Wildman–Crippen LogP) is 4.63. The van der Waals surface area contributed by atoms with Gasteiger partial charge in [-0.15, -0.1) is 0 Å². The van der Waals surface area contributed by atoms with Crippen LogP contribution in [-0.2, 0) is 6.54 Å². The number of thiophene rings is 1. The Morgan fingerprint density at radius 1 is 1.04 bits per heavy atom. The number of aliphatic hydroxyl groups excluding tert-OH is 1. The van der Waals surface area contributed by atoms with Crippen LogP contribution < -0.4 is 0 Å². The summed E-state index contributed by atoms with van der Waals surface area (Å²) in [5.74, 6) is 0. The monoisotopic (exact) mass is 382 g/mol. The van der Waals surface area contributed by atoms with E-state index in [1.165, 1.54) is 0 Å². The molecule has 5 nitrogen and oxygen atoms in total. The van der Waals surface area contributed by atoms with Gasteiger partial charge in [0.2, 0.25) is 0 Å². The fourth-order valence-corrected chi connectivity index (χ4v) is 3.95. The molecule has 27 heavy (non-hydrogen) atoms. The van der Waals surface area contributed by atoms with Crippen LogP contribution in [0.3, 0.4) is 0 Å². The summed E-state index contributed by atoms with van der Waals surface area (Å²) < 4.78 is 0. The fraction of sp³-hybridized carbons (Fsp3) is 0.238. The number of hydrogen-bond donors (Lipinski definition) is 1. The normalized spacial score (nSPS) is 11.2. The van der Waals surface area contributed by atoms with Crippen molar-refractivity contribution < 1.29 is 10.0 Å². The minimum absolute atomic E-state index is 0.0120. The molecule has 1 heterocycles. The highest BCUT2D eigenvalue weighted by Gasteiger charge is 2.23. The van der Waals surface area contributed by atoms with Crippen molar-refractivity contribution in [3.05, 3.63) is 98.9 Å². The first-order valence-electron chi connectivity index (χ1n) is 8.85. The SMILES string of the molecule is O=[N+]([O-])c1cc(CN(CCCO)C(c2ccccc2)c2ccccc2)cs1. The van der Waals surface area contributed by atoms with Gasteiger partial charge in [0.25, 0.3) is 0 Å². The smallest absolute Gasteiger partial charge is 0.324 e. The van der Waals surface area contributed by atoms with Crippen molar-refractivity contribution in [2.45, 2.75) is 19.0 Å². The van der Waals surface area contributed by atoms with Gasteiger partial charge in [-0.25, -0.2) is 0 Å². The molecule has 0 unspecified atom stereocenters. The number of rotatable bonds is 9. The summed E-state index contributed by atoms with van der Waals surface area (Å²) in [6, 6.07) is 22.1. The van der Waals surface area contributed by atoms with Crippen LogP contribution in [0.15, 0.2) is 72.1 Å². The summed E-state index contributed by atoms with van der Waals surface area (Å²) in [5.41, 5.74) is 3.24. The van der Waals surface area contributed by atoms with Crippen LogP contribution in [-0.4, -0.2) is 28.1 Å². The zero-order valence-electron chi connectivity index (χ0n) is 14.9. The van der Waals surface area contributed by atoms with E-state index >= 15 is 0 Å². The van der Waals surface area contributed by atoms with E-state index in [-0.39, 0.29) is 22.6 Å². The molecule has 3 rings (SSSR count). The molecule has 2 aromatic carbocycles. The molecule has 0 radical (unpaired) electrons. The molecule has 1 aromatic heterocycles. The molecule has 0 fully saturated rings. The van der Waals surface area contributed by atoms with E-state index in [4.69, 9.17) is 0 Å². The molecular formula is C21H22N2O3S. The van der Waals surface area contributed by atoms with E-state index in [1.807, 2.05) is 41.8 Å². The molecule has 0 aliphatic rings. The number of nitrogens with zero attached hydrogens (tertiary/aromatic N) is 2. The molecule has 0 amide bonds. The van der Waals surface area contributed by atoms with E-state index < -0.39 is 0 Å². The largest absolute Gasteiger partial charge is 0.396 e. The Morgan fingerprint density at radius 2 is 1.63 bits per heavy atom. The van der Waals surface area contributed by atoms with E-state index in [9.17, 15) is 15.2 Å². The van der Waals surface area contributed by atoms with Gasteiger partial charge in [-0.3, -0.25) is 15.0 Å². The molecule has 1 N–H and O–H groups in total. The highest BCUT2D eigenvalue weighted by atomic mass is 32.1. The maximum Gasteiger partial charge on any atom is 0.324 e. The summed E-state index contributed by atoms with van der Waals surface area (Å²) in [6.07, 6.45) is 0.641. The average molecular weight is 382 g/mol. The third-order valence-corrected chi connectivity index (χ3v) is 5.33. The lowest BCUT2D eigenvalue weighted by atomic mass is 9.96. The molecular weight excluding hydrogens is 360 g/mol. The van der Waals surface area contributed by atoms with Crippen molar-refractivity contribution in [1.29, 1.82) is 0 Å². The first kappa shape index (κ1) is 19.2. The zero-order valence-corrected chi connectivity index (χ0v) is 15.7. The van der Waals surface area contributed by atoms with Gasteiger partial charge < -0.3 is 5.11 Å². The van der Waals surface area contributed by atoms with Gasteiger partial charge in [0, 0.05) is 31.1 Å². The molecule has 0 aliphatic heterocycles. The van der Waals surface area contributed by atoms with E-state index in [0.717, 1.165) is 28.0 Å². The Balaban J connectivity index is 1.95. The molecule has 0 saturated heterocycles. The highest BCUT2D eigenvalue weighted by molar-refractivity contribution is 7.13. The summed E-state index contributed by atoms with van der Waals surface area (Å²) in [4.78, 5) is 12.9. The molecule has 3 aromatic rings. The number of aliphatic hydroxyl groups is 1. The minimum Gasteiger partial charge on any atom is -0.396 e. The zero-order chi connectivity index (χ0) is 19.1. The van der Waals surface area contributed by atoms with Gasteiger partial charge >= 0.3 is 5.00 Å². The van der Waals surface area contributed by atoms with Gasteiger partial charge in [-0.1, -0.05) is 72.0 Å². The molecule has 0 atom stereocenters. The number of hydrogen-bond acceptors (Lipinski definition) is 5. The van der Waals surface area contributed by atoms with Gasteiger partial charge in [0.15, 0.2) is 0 Å². The van der Waals surface area contributed by atoms with E-state index in [0.29, 0.717) is 19.5 Å². The van der Waals surface area contributed by atoms with Crippen LogP contribution in [0.2, 0.25) is 0 Å². The van der Waals surface area contributed by atoms with Crippen molar-refractivity contribution in [3.63, 3.8) is 0 Å². The third-order valence-electron chi connectivity index (χ3n) is 4.40. The van der Waals surface area contributed by atoms with Crippen LogP contribution in [0.1, 0.15) is 29.2 Å².